The minimum atomic E-state index is -1.93. The summed E-state index contributed by atoms with van der Waals surface area (Å²) in [5, 5.41) is 69.2. The molecule has 810 valence electrons. The molecule has 14 heterocycles. The summed E-state index contributed by atoms with van der Waals surface area (Å²) < 4.78 is 77.5. The van der Waals surface area contributed by atoms with Crippen LogP contribution in [-0.2, 0) is 96.1 Å². The number of nitrogens with two attached hydrogens (primary N) is 4. The van der Waals surface area contributed by atoms with E-state index in [0.717, 1.165) is 74.2 Å². The second kappa shape index (κ2) is 55.8. The first kappa shape index (κ1) is 113. The molecule has 7 unspecified atom stereocenters. The second-order valence-corrected chi connectivity index (χ2v) is 37.6. The van der Waals surface area contributed by atoms with Gasteiger partial charge in [-0.25, -0.2) is 9.59 Å². The summed E-state index contributed by atoms with van der Waals surface area (Å²) >= 11 is 1.76. The smallest absolute Gasteiger partial charge is 0.326 e. The first-order chi connectivity index (χ1) is 72.3. The predicted octanol–water partition coefficient (Wildman–Crippen LogP) is -0.115. The zero-order chi connectivity index (χ0) is 107. The zero-order valence-electron chi connectivity index (χ0n) is 84.5. The van der Waals surface area contributed by atoms with Gasteiger partial charge < -0.3 is 159 Å². The van der Waals surface area contributed by atoms with Crippen molar-refractivity contribution in [2.45, 2.75) is 163 Å². The quantitative estimate of drug-likeness (QED) is 0.0102. The molecule has 7 atom stereocenters. The molecule has 150 heavy (non-hydrogen) atoms. The van der Waals surface area contributed by atoms with Gasteiger partial charge in [0, 0.05) is 37.1 Å². The van der Waals surface area contributed by atoms with Crippen molar-refractivity contribution in [2.75, 3.05) is 153 Å². The molecule has 22 rings (SSSR count). The van der Waals surface area contributed by atoms with Crippen LogP contribution in [0.25, 0.3) is 0 Å². The number of hydrogen-bond donors (Lipinski definition) is 22. The lowest BCUT2D eigenvalue weighted by atomic mass is 9.94. The lowest BCUT2D eigenvalue weighted by Gasteiger charge is -2.31. The summed E-state index contributed by atoms with van der Waals surface area (Å²) in [5.74, 6) is -8.14. The standard InChI is InChI=1S/C101H134N22O26S/c1-138-72-35-55-29-60-40-78-73(139-2)36-56(60)31-62-42-80-74(140-3)37-57(62)30-61(55)41-77(72)143-23-24-145-79-43-63-32-58-38-75(141-4)81(146-26-25-144-78)44-64(58)34-66-46-83(82(148-28-27-147-80)45-65(66)33-59(63)39-76(79)142-5)149-53-92(131)123(91(130)52-117-90(129)51-116-89(128)50-115-88(127)49-114-87(126)48-113-86(125)47-112-85(124)18-7-6-17-84-93-70(54-150-84)121-101(137)122-93)71(16-8-9-19-102)96(134)119-68(14-11-21-110-99(105)106)94(132)118-67(13-10-20-109-98(103)104)95(133)120-69(97(135)136)15-12-22-111-100(107)108/h35-46,67-71,84,93H,6-34,47-54,102H2,1-5H3,(H,112,124)(H,113,125)(H,114,126)(H,115,127)(H,116,128)(H,117,129)(H,118,132)(H,119,134)(H,120,133)(H,135,136)(H4,103,104,109)(H4,105,106,110)(H4,107,108,111)(H2,121,122,137). The molecule has 14 aliphatic heterocycles. The number of carbonyl (C=O) groups is 13. The van der Waals surface area contributed by atoms with E-state index in [0.29, 0.717) is 106 Å². The number of benzene rings is 6. The monoisotopic (exact) mass is 2100 g/mol. The molecule has 18 bridgehead atoms. The third kappa shape index (κ3) is 32.6. The average Bonchev–Trinajstić information content (AvgIpc) is 1.61. The van der Waals surface area contributed by atoms with E-state index in [-0.39, 0.29) is 190 Å². The van der Waals surface area contributed by atoms with Gasteiger partial charge in [-0.3, -0.25) is 73.9 Å². The SMILES string of the molecule is COc1cc2c3cc1OCCOc1cc4c(cc1OC)Cc1cc5c(OC)cc1Cc1cc(c(OCC(=O)N(C(=O)CNC(=O)CNC(=O)CNC(=O)CNC(=O)CNC(=O)CNC(=O)CCCCC6SCC7NC(=O)NC76)C(CCCCN)C(=O)NC(CCCNC(=N)N)C(=O)NC(CCCNC(=N)N)C(=O)NC(CCCNC(=N)N)C(=O)O)cc1C4)OCCOc1cc(c(cc1OC)Cc1cc(c(OC)cc1C3)OCCO5)C2. The van der Waals surface area contributed by atoms with E-state index >= 15 is 19.2 Å². The molecular formula is C101H134N22O26S. The van der Waals surface area contributed by atoms with Gasteiger partial charge in [0.15, 0.2) is 93.5 Å². The summed E-state index contributed by atoms with van der Waals surface area (Å²) in [5.41, 5.74) is 32.6. The van der Waals surface area contributed by atoms with Gasteiger partial charge in [0.25, 0.3) is 5.91 Å². The van der Waals surface area contributed by atoms with Crippen LogP contribution >= 0.6 is 11.8 Å². The van der Waals surface area contributed by atoms with Crippen LogP contribution in [0.3, 0.4) is 0 Å². The van der Waals surface area contributed by atoms with Crippen LogP contribution in [-0.4, -0.2) is 299 Å². The molecule has 26 N–H and O–H groups in total. The normalized spacial score (nSPS) is 15.6. The van der Waals surface area contributed by atoms with E-state index in [2.05, 4.69) is 74.4 Å². The minimum Gasteiger partial charge on any atom is -0.493 e. The molecule has 2 saturated heterocycles. The summed E-state index contributed by atoms with van der Waals surface area (Å²) in [4.78, 5) is 180. The molecule has 49 heteroatoms. The number of aliphatic carboxylic acids is 1. The summed E-state index contributed by atoms with van der Waals surface area (Å²) in [7, 11) is 7.76. The summed E-state index contributed by atoms with van der Waals surface area (Å²) in [6.07, 6.45) is 3.23. The molecule has 2 fully saturated rings. The van der Waals surface area contributed by atoms with Crippen LogP contribution in [0.4, 0.5) is 4.79 Å². The molecule has 0 radical (unpaired) electrons. The number of thioether (sulfide) groups is 1. The van der Waals surface area contributed by atoms with Gasteiger partial charge in [0.1, 0.15) is 63.8 Å². The number of urea groups is 1. The van der Waals surface area contributed by atoms with Gasteiger partial charge in [-0.1, -0.05) is 6.42 Å². The Kier molecular flexibility index (Phi) is 42.0. The number of hydrogen-bond acceptors (Lipinski definition) is 30. The maximum absolute atomic E-state index is 16.1. The van der Waals surface area contributed by atoms with E-state index in [1.54, 1.807) is 38.1 Å². The van der Waals surface area contributed by atoms with Gasteiger partial charge in [0.05, 0.1) is 86.9 Å². The van der Waals surface area contributed by atoms with Crippen LogP contribution in [0.15, 0.2) is 72.8 Å². The van der Waals surface area contributed by atoms with Gasteiger partial charge in [-0.15, -0.1) is 0 Å². The number of unbranched alkanes of at least 4 members (excludes halogenated alkanes) is 2. The molecular weight excluding hydrogens is 1970 g/mol. The number of amides is 13. The number of nitrogens with zero attached hydrogens (tertiary/aromatic N) is 1. The molecule has 16 aliphatic rings. The van der Waals surface area contributed by atoms with Gasteiger partial charge in [0.2, 0.25) is 59.1 Å². The van der Waals surface area contributed by atoms with Crippen molar-refractivity contribution in [3.05, 3.63) is 140 Å². The number of imide groups is 1. The van der Waals surface area contributed by atoms with Crippen molar-refractivity contribution < 1.29 is 124 Å². The Morgan fingerprint density at radius 3 is 1.06 bits per heavy atom. The van der Waals surface area contributed by atoms with Crippen LogP contribution < -0.4 is 154 Å². The number of fused-ring (bicyclic) bond motifs is 1. The second-order valence-electron chi connectivity index (χ2n) is 36.3. The van der Waals surface area contributed by atoms with Gasteiger partial charge in [-0.2, -0.15) is 11.8 Å². The predicted molar refractivity (Wildman–Crippen MR) is 548 cm³/mol. The number of methoxy groups -OCH3 is 5. The lowest BCUT2D eigenvalue weighted by molar-refractivity contribution is -0.154. The summed E-state index contributed by atoms with van der Waals surface area (Å²) in [6.45, 7) is -5.65. The Labute approximate surface area is 870 Å². The fourth-order valence-electron chi connectivity index (χ4n) is 18.1. The van der Waals surface area contributed by atoms with Crippen molar-refractivity contribution in [1.82, 2.24) is 79.3 Å². The Bertz CT molecular complexity index is 5920. The Morgan fingerprint density at radius 2 is 0.713 bits per heavy atom. The fourth-order valence-corrected chi connectivity index (χ4v) is 19.7. The first-order valence-electron chi connectivity index (χ1n) is 49.5. The molecule has 6 aromatic rings. The van der Waals surface area contributed by atoms with Crippen molar-refractivity contribution in [3.8, 4) is 69.0 Å². The van der Waals surface area contributed by atoms with Gasteiger partial charge >= 0.3 is 12.0 Å². The topological polar surface area (TPSA) is 700 Å². The number of guanidine groups is 3. The number of carbonyl (C=O) groups excluding carboxylic acids is 12. The van der Waals surface area contributed by atoms with Crippen molar-refractivity contribution in [3.63, 3.8) is 0 Å². The van der Waals surface area contributed by atoms with E-state index in [1.807, 2.05) is 60.7 Å². The number of carboxylic acids is 1. The van der Waals surface area contributed by atoms with Crippen molar-refractivity contribution in [1.29, 1.82) is 16.2 Å². The molecule has 6 aromatic carbocycles. The number of carboxylic acid groups (broad SMARTS) is 1. The largest absolute Gasteiger partial charge is 0.493 e. The van der Waals surface area contributed by atoms with Crippen molar-refractivity contribution >= 4 is 107 Å². The van der Waals surface area contributed by atoms with E-state index in [1.165, 1.54) is 21.3 Å². The zero-order valence-corrected chi connectivity index (χ0v) is 85.3. The first-order valence-corrected chi connectivity index (χ1v) is 50.6. The highest BCUT2D eigenvalue weighted by Crippen LogP contribution is 2.45. The maximum Gasteiger partial charge on any atom is 0.326 e. The Morgan fingerprint density at radius 1 is 0.393 bits per heavy atom. The van der Waals surface area contributed by atoms with Crippen molar-refractivity contribution in [2.24, 2.45) is 22.9 Å². The third-order valence-corrected chi connectivity index (χ3v) is 27.3. The van der Waals surface area contributed by atoms with Gasteiger partial charge in [-0.05, 0) is 255 Å². The van der Waals surface area contributed by atoms with E-state index in [4.69, 9.17) is 96.0 Å². The molecule has 0 spiro atoms. The Hall–Kier alpha value is -15.8. The number of nitrogens with one attached hydrogen (secondary N) is 17. The Balaban J connectivity index is 0.846. The highest BCUT2D eigenvalue weighted by molar-refractivity contribution is 8.00. The fraction of sp³-hybridized carbons (Fsp3) is 0.485. The van der Waals surface area contributed by atoms with Crippen LogP contribution in [0.1, 0.15) is 150 Å². The van der Waals surface area contributed by atoms with Crippen LogP contribution in [0.2, 0.25) is 0 Å². The number of ether oxygens (including phenoxy) is 12. The molecule has 2 aliphatic carbocycles. The molecule has 48 nitrogen and oxygen atoms in total. The van der Waals surface area contributed by atoms with E-state index in [9.17, 15) is 48.3 Å². The maximum atomic E-state index is 16.1. The molecule has 13 amide bonds. The average molecular weight is 2100 g/mol. The third-order valence-electron chi connectivity index (χ3n) is 25.8. The van der Waals surface area contributed by atoms with Crippen LogP contribution in [0, 0.1) is 16.2 Å². The highest BCUT2D eigenvalue weighted by atomic mass is 32.2. The van der Waals surface area contributed by atoms with E-state index < -0.39 is 147 Å². The minimum absolute atomic E-state index is 0.00687. The highest BCUT2D eigenvalue weighted by Gasteiger charge is 2.44. The van der Waals surface area contributed by atoms with Crippen LogP contribution in [0.5, 0.6) is 69.0 Å². The lowest BCUT2D eigenvalue weighted by Crippen LogP contribution is -2.60. The molecule has 0 saturated carbocycles. The molecule has 0 aromatic heterocycles. The number of rotatable bonds is 49. The summed E-state index contributed by atoms with van der Waals surface area (Å²) in [6, 6.07) is 16.0.